The number of piperidine rings is 1. The first-order chi connectivity index (χ1) is 5.77. The van der Waals surface area contributed by atoms with Gasteiger partial charge in [0.2, 0.25) is 0 Å². The Hall–Kier alpha value is -0.0800. The van der Waals surface area contributed by atoms with E-state index in [1.807, 2.05) is 0 Å². The first-order valence-corrected chi connectivity index (χ1v) is 5.12. The van der Waals surface area contributed by atoms with E-state index < -0.39 is 0 Å². The molecule has 2 atom stereocenters. The lowest BCUT2D eigenvalue weighted by Crippen LogP contribution is -2.41. The molecular formula is C10H21NO. The minimum Gasteiger partial charge on any atom is -0.396 e. The topological polar surface area (TPSA) is 23.5 Å². The lowest BCUT2D eigenvalue weighted by atomic mass is 9.97. The van der Waals surface area contributed by atoms with Crippen LogP contribution in [0.25, 0.3) is 0 Å². The summed E-state index contributed by atoms with van der Waals surface area (Å²) in [5.41, 5.74) is 0. The fraction of sp³-hybridized carbons (Fsp3) is 1.00. The van der Waals surface area contributed by atoms with Gasteiger partial charge >= 0.3 is 0 Å². The van der Waals surface area contributed by atoms with Crippen LogP contribution in [-0.2, 0) is 0 Å². The first kappa shape index (κ1) is 10.0. The Labute approximate surface area is 75.6 Å². The molecule has 1 heterocycles. The summed E-state index contributed by atoms with van der Waals surface area (Å²) in [6.07, 6.45) is 3.69. The van der Waals surface area contributed by atoms with Crippen LogP contribution in [0.1, 0.15) is 33.1 Å². The number of rotatable bonds is 3. The van der Waals surface area contributed by atoms with Gasteiger partial charge in [0.05, 0.1) is 0 Å². The largest absolute Gasteiger partial charge is 0.396 e. The highest BCUT2D eigenvalue weighted by atomic mass is 16.3. The fourth-order valence-corrected chi connectivity index (χ4v) is 1.90. The number of hydrogen-bond acceptors (Lipinski definition) is 2. The highest BCUT2D eigenvalue weighted by Gasteiger charge is 2.21. The Morgan fingerprint density at radius 1 is 1.58 bits per heavy atom. The van der Waals surface area contributed by atoms with E-state index >= 15 is 0 Å². The van der Waals surface area contributed by atoms with E-state index in [9.17, 15) is 0 Å². The summed E-state index contributed by atoms with van der Waals surface area (Å²) < 4.78 is 0. The minimum atomic E-state index is 0.368. The summed E-state index contributed by atoms with van der Waals surface area (Å²) in [6.45, 7) is 7.21. The number of aliphatic hydroxyl groups is 1. The highest BCUT2D eigenvalue weighted by molar-refractivity contribution is 4.75. The molecular weight excluding hydrogens is 150 g/mol. The SMILES string of the molecule is CCC(C)N1CCCC(CO)C1. The summed E-state index contributed by atoms with van der Waals surface area (Å²) in [4.78, 5) is 2.50. The predicted molar refractivity (Wildman–Crippen MR) is 51.1 cm³/mol. The zero-order valence-electron chi connectivity index (χ0n) is 8.29. The Kier molecular flexibility index (Phi) is 4.02. The second-order valence-corrected chi connectivity index (χ2v) is 3.94. The van der Waals surface area contributed by atoms with E-state index in [2.05, 4.69) is 18.7 Å². The van der Waals surface area contributed by atoms with Crippen LogP contribution in [0.4, 0.5) is 0 Å². The average Bonchev–Trinajstić information content (AvgIpc) is 2.17. The zero-order chi connectivity index (χ0) is 8.97. The monoisotopic (exact) mass is 171 g/mol. The Bertz CT molecular complexity index is 125. The van der Waals surface area contributed by atoms with E-state index in [0.29, 0.717) is 18.6 Å². The van der Waals surface area contributed by atoms with Crippen molar-refractivity contribution in [3.05, 3.63) is 0 Å². The van der Waals surface area contributed by atoms with Gasteiger partial charge in [0.15, 0.2) is 0 Å². The van der Waals surface area contributed by atoms with Crippen LogP contribution in [0, 0.1) is 5.92 Å². The van der Waals surface area contributed by atoms with Crippen molar-refractivity contribution >= 4 is 0 Å². The van der Waals surface area contributed by atoms with Gasteiger partial charge in [-0.2, -0.15) is 0 Å². The second-order valence-electron chi connectivity index (χ2n) is 3.94. The molecule has 0 aromatic rings. The summed E-state index contributed by atoms with van der Waals surface area (Å²) in [7, 11) is 0. The molecule has 0 aromatic carbocycles. The van der Waals surface area contributed by atoms with Crippen LogP contribution < -0.4 is 0 Å². The van der Waals surface area contributed by atoms with Gasteiger partial charge in [-0.05, 0) is 38.6 Å². The molecule has 0 saturated carbocycles. The van der Waals surface area contributed by atoms with Gasteiger partial charge in [-0.1, -0.05) is 6.92 Å². The lowest BCUT2D eigenvalue weighted by molar-refractivity contribution is 0.0922. The summed E-state index contributed by atoms with van der Waals surface area (Å²) in [6, 6.07) is 0.694. The second kappa shape index (κ2) is 4.83. The average molecular weight is 171 g/mol. The number of likely N-dealkylation sites (tertiary alicyclic amines) is 1. The normalized spacial score (nSPS) is 28.8. The molecule has 12 heavy (non-hydrogen) atoms. The molecule has 0 amide bonds. The van der Waals surface area contributed by atoms with E-state index in [4.69, 9.17) is 5.11 Å². The van der Waals surface area contributed by atoms with Gasteiger partial charge < -0.3 is 10.0 Å². The van der Waals surface area contributed by atoms with Crippen molar-refractivity contribution < 1.29 is 5.11 Å². The number of nitrogens with zero attached hydrogens (tertiary/aromatic N) is 1. The molecule has 1 aliphatic heterocycles. The molecule has 1 fully saturated rings. The highest BCUT2D eigenvalue weighted by Crippen LogP contribution is 2.18. The molecule has 2 unspecified atom stereocenters. The van der Waals surface area contributed by atoms with Crippen molar-refractivity contribution in [2.24, 2.45) is 5.92 Å². The van der Waals surface area contributed by atoms with Crippen LogP contribution in [-0.4, -0.2) is 35.7 Å². The van der Waals surface area contributed by atoms with E-state index in [1.165, 1.54) is 25.8 Å². The Morgan fingerprint density at radius 3 is 2.92 bits per heavy atom. The van der Waals surface area contributed by atoms with Crippen molar-refractivity contribution in [3.8, 4) is 0 Å². The molecule has 1 aliphatic rings. The van der Waals surface area contributed by atoms with Crippen LogP contribution in [0.3, 0.4) is 0 Å². The molecule has 0 bridgehead atoms. The van der Waals surface area contributed by atoms with Crippen molar-refractivity contribution in [3.63, 3.8) is 0 Å². The quantitative estimate of drug-likeness (QED) is 0.695. The Morgan fingerprint density at radius 2 is 2.33 bits per heavy atom. The van der Waals surface area contributed by atoms with Gasteiger partial charge in [-0.3, -0.25) is 0 Å². The maximum atomic E-state index is 9.04. The molecule has 1 saturated heterocycles. The van der Waals surface area contributed by atoms with E-state index in [-0.39, 0.29) is 0 Å². The molecule has 0 radical (unpaired) electrons. The third-order valence-corrected chi connectivity index (χ3v) is 3.02. The molecule has 2 heteroatoms. The Balaban J connectivity index is 2.34. The van der Waals surface area contributed by atoms with Gasteiger partial charge in [0.1, 0.15) is 0 Å². The van der Waals surface area contributed by atoms with Crippen LogP contribution in [0.5, 0.6) is 0 Å². The summed E-state index contributed by atoms with van der Waals surface area (Å²) in [5, 5.41) is 9.04. The van der Waals surface area contributed by atoms with Crippen molar-refractivity contribution in [2.75, 3.05) is 19.7 Å². The van der Waals surface area contributed by atoms with Crippen molar-refractivity contribution in [1.29, 1.82) is 0 Å². The molecule has 0 aromatic heterocycles. The number of aliphatic hydroxyl groups excluding tert-OH is 1. The van der Waals surface area contributed by atoms with Gasteiger partial charge in [-0.15, -0.1) is 0 Å². The van der Waals surface area contributed by atoms with E-state index in [1.54, 1.807) is 0 Å². The van der Waals surface area contributed by atoms with Gasteiger partial charge in [0, 0.05) is 19.2 Å². The number of hydrogen-bond donors (Lipinski definition) is 1. The third kappa shape index (κ3) is 2.46. The molecule has 72 valence electrons. The van der Waals surface area contributed by atoms with Crippen LogP contribution in [0.15, 0.2) is 0 Å². The maximum Gasteiger partial charge on any atom is 0.0471 e. The molecule has 0 aliphatic carbocycles. The fourth-order valence-electron chi connectivity index (χ4n) is 1.90. The summed E-state index contributed by atoms with van der Waals surface area (Å²) in [5.74, 6) is 0.535. The van der Waals surface area contributed by atoms with E-state index in [0.717, 1.165) is 6.54 Å². The molecule has 2 nitrogen and oxygen atoms in total. The first-order valence-electron chi connectivity index (χ1n) is 5.12. The third-order valence-electron chi connectivity index (χ3n) is 3.02. The van der Waals surface area contributed by atoms with Gasteiger partial charge in [-0.25, -0.2) is 0 Å². The smallest absolute Gasteiger partial charge is 0.0471 e. The minimum absolute atomic E-state index is 0.368. The standard InChI is InChI=1S/C10H21NO/c1-3-9(2)11-6-4-5-10(7-11)8-12/h9-10,12H,3-8H2,1-2H3. The van der Waals surface area contributed by atoms with Crippen LogP contribution in [0.2, 0.25) is 0 Å². The predicted octanol–water partition coefficient (Wildman–Crippen LogP) is 1.49. The van der Waals surface area contributed by atoms with Crippen LogP contribution >= 0.6 is 0 Å². The zero-order valence-corrected chi connectivity index (χ0v) is 8.29. The summed E-state index contributed by atoms with van der Waals surface area (Å²) >= 11 is 0. The molecule has 1 rings (SSSR count). The molecule has 0 spiro atoms. The maximum absolute atomic E-state index is 9.04. The lowest BCUT2D eigenvalue weighted by Gasteiger charge is -2.35. The molecule has 1 N–H and O–H groups in total. The van der Waals surface area contributed by atoms with Crippen molar-refractivity contribution in [1.82, 2.24) is 4.90 Å². The van der Waals surface area contributed by atoms with Crippen molar-refractivity contribution in [2.45, 2.75) is 39.2 Å². The van der Waals surface area contributed by atoms with Gasteiger partial charge in [0.25, 0.3) is 0 Å².